The number of nitrogens with zero attached hydrogens (tertiary/aromatic N) is 1. The number of likely N-dealkylation sites (tertiary alicyclic amines) is 1. The maximum Gasteiger partial charge on any atom is 0.414 e. The van der Waals surface area contributed by atoms with Gasteiger partial charge in [0.25, 0.3) is 0 Å². The second kappa shape index (κ2) is 6.56. The molecule has 1 saturated heterocycles. The zero-order chi connectivity index (χ0) is 12.9. The number of aliphatic hydroxyl groups is 1. The molecule has 1 unspecified atom stereocenters. The Morgan fingerprint density at radius 1 is 1.35 bits per heavy atom. The zero-order valence-corrected chi connectivity index (χ0v) is 10.0. The van der Waals surface area contributed by atoms with Gasteiger partial charge in [-0.05, 0) is 38.3 Å². The van der Waals surface area contributed by atoms with Gasteiger partial charge in [-0.15, -0.1) is 0 Å². The van der Waals surface area contributed by atoms with Crippen LogP contribution in [-0.2, 0) is 4.74 Å². The molecule has 0 bridgehead atoms. The molecule has 1 atom stereocenters. The Morgan fingerprint density at radius 3 is 2.41 bits per heavy atom. The second-order valence-electron chi connectivity index (χ2n) is 4.51. The van der Waals surface area contributed by atoms with Crippen molar-refractivity contribution in [3.8, 4) is 0 Å². The molecule has 0 aliphatic carbocycles. The molecule has 3 nitrogen and oxygen atoms in total. The highest BCUT2D eigenvalue weighted by molar-refractivity contribution is 4.81. The number of hydrogen-bond acceptors (Lipinski definition) is 3. The first-order valence-electron chi connectivity index (χ1n) is 5.91. The summed E-state index contributed by atoms with van der Waals surface area (Å²) >= 11 is 0. The van der Waals surface area contributed by atoms with Gasteiger partial charge < -0.3 is 14.7 Å². The third-order valence-corrected chi connectivity index (χ3v) is 3.24. The summed E-state index contributed by atoms with van der Waals surface area (Å²) in [6, 6.07) is 0. The van der Waals surface area contributed by atoms with Crippen molar-refractivity contribution in [3.63, 3.8) is 0 Å². The van der Waals surface area contributed by atoms with Crippen molar-refractivity contribution >= 4 is 0 Å². The van der Waals surface area contributed by atoms with E-state index >= 15 is 0 Å². The zero-order valence-electron chi connectivity index (χ0n) is 10.0. The molecule has 0 aromatic heterocycles. The van der Waals surface area contributed by atoms with E-state index in [2.05, 4.69) is 4.90 Å². The van der Waals surface area contributed by atoms with Gasteiger partial charge in [0, 0.05) is 20.3 Å². The third-order valence-electron chi connectivity index (χ3n) is 3.24. The maximum absolute atomic E-state index is 12.3. The molecule has 1 N–H and O–H groups in total. The fraction of sp³-hybridized carbons (Fsp3) is 1.00. The molecule has 1 heterocycles. The number of halogens is 3. The van der Waals surface area contributed by atoms with Crippen molar-refractivity contribution in [3.05, 3.63) is 0 Å². The van der Waals surface area contributed by atoms with E-state index < -0.39 is 18.2 Å². The van der Waals surface area contributed by atoms with Crippen LogP contribution in [0, 0.1) is 5.92 Å². The van der Waals surface area contributed by atoms with Crippen LogP contribution in [0.3, 0.4) is 0 Å². The topological polar surface area (TPSA) is 32.7 Å². The summed E-state index contributed by atoms with van der Waals surface area (Å²) < 4.78 is 41.8. The van der Waals surface area contributed by atoms with Gasteiger partial charge in [0.05, 0.1) is 0 Å². The molecule has 0 saturated carbocycles. The molecule has 0 radical (unpaired) electrons. The predicted octanol–water partition coefficient (Wildman–Crippen LogP) is 1.66. The highest BCUT2D eigenvalue weighted by atomic mass is 19.4. The first-order chi connectivity index (χ1) is 7.95. The van der Waals surface area contributed by atoms with Crippen molar-refractivity contribution < 1.29 is 23.0 Å². The number of aliphatic hydroxyl groups excluding tert-OH is 1. The van der Waals surface area contributed by atoms with Crippen LogP contribution in [0.5, 0.6) is 0 Å². The largest absolute Gasteiger partial charge is 0.414 e. The number of piperidine rings is 1. The van der Waals surface area contributed by atoms with Crippen LogP contribution < -0.4 is 0 Å². The van der Waals surface area contributed by atoms with Gasteiger partial charge in [-0.25, -0.2) is 0 Å². The van der Waals surface area contributed by atoms with E-state index in [1.807, 2.05) is 0 Å². The quantitative estimate of drug-likeness (QED) is 0.758. The second-order valence-corrected chi connectivity index (χ2v) is 4.51. The Kier molecular flexibility index (Phi) is 5.69. The molecule has 0 aromatic carbocycles. The molecule has 1 fully saturated rings. The van der Waals surface area contributed by atoms with E-state index in [1.54, 1.807) is 7.11 Å². The predicted molar refractivity (Wildman–Crippen MR) is 57.7 cm³/mol. The van der Waals surface area contributed by atoms with E-state index in [0.717, 1.165) is 13.0 Å². The fourth-order valence-corrected chi connectivity index (χ4v) is 2.19. The smallest absolute Gasteiger partial charge is 0.385 e. The molecule has 102 valence electrons. The molecule has 1 aliphatic rings. The van der Waals surface area contributed by atoms with Crippen LogP contribution in [-0.4, -0.2) is 55.6 Å². The Hall–Kier alpha value is -0.330. The summed E-state index contributed by atoms with van der Waals surface area (Å²) in [6.45, 7) is 2.77. The fourth-order valence-electron chi connectivity index (χ4n) is 2.19. The average Bonchev–Trinajstić information content (AvgIpc) is 2.28. The highest BCUT2D eigenvalue weighted by Gasteiger charge is 2.43. The lowest BCUT2D eigenvalue weighted by Crippen LogP contribution is -2.43. The number of hydrogen-bond donors (Lipinski definition) is 1. The van der Waals surface area contributed by atoms with Crippen LogP contribution in [0.1, 0.15) is 19.3 Å². The van der Waals surface area contributed by atoms with Crippen molar-refractivity contribution in [1.29, 1.82) is 0 Å². The number of methoxy groups -OCH3 is 1. The van der Waals surface area contributed by atoms with Crippen LogP contribution in [0.15, 0.2) is 0 Å². The number of alkyl halides is 3. The van der Waals surface area contributed by atoms with Crippen LogP contribution >= 0.6 is 0 Å². The van der Waals surface area contributed by atoms with Crippen LogP contribution in [0.2, 0.25) is 0 Å². The van der Waals surface area contributed by atoms with Crippen molar-refractivity contribution in [2.24, 2.45) is 5.92 Å². The Bertz CT molecular complexity index is 215. The highest BCUT2D eigenvalue weighted by Crippen LogP contribution is 2.31. The first-order valence-corrected chi connectivity index (χ1v) is 5.91. The van der Waals surface area contributed by atoms with Gasteiger partial charge in [0.15, 0.2) is 6.10 Å². The Balaban J connectivity index is 2.26. The third kappa shape index (κ3) is 4.81. The molecule has 0 amide bonds. The molecular formula is C11H20F3NO2. The minimum atomic E-state index is -4.48. The minimum absolute atomic E-state index is 0.410. The van der Waals surface area contributed by atoms with Gasteiger partial charge in [-0.1, -0.05) is 0 Å². The van der Waals surface area contributed by atoms with E-state index in [1.165, 1.54) is 0 Å². The molecule has 17 heavy (non-hydrogen) atoms. The van der Waals surface area contributed by atoms with Gasteiger partial charge >= 0.3 is 6.18 Å². The standard InChI is InChI=1S/C11H20F3NO2/c1-17-8-2-5-15-6-3-9(4-7-15)10(16)11(12,13)14/h9-10,16H,2-8H2,1H3. The van der Waals surface area contributed by atoms with E-state index in [9.17, 15) is 13.2 Å². The molecule has 0 spiro atoms. The van der Waals surface area contributed by atoms with Gasteiger partial charge in [0.2, 0.25) is 0 Å². The monoisotopic (exact) mass is 255 g/mol. The lowest BCUT2D eigenvalue weighted by atomic mass is 9.91. The lowest BCUT2D eigenvalue weighted by molar-refractivity contribution is -0.223. The summed E-state index contributed by atoms with van der Waals surface area (Å²) in [6.07, 6.45) is -4.93. The van der Waals surface area contributed by atoms with Crippen LogP contribution in [0.4, 0.5) is 13.2 Å². The summed E-state index contributed by atoms with van der Waals surface area (Å²) in [5.74, 6) is -0.645. The van der Waals surface area contributed by atoms with E-state index in [4.69, 9.17) is 9.84 Å². The summed E-state index contributed by atoms with van der Waals surface area (Å²) in [5, 5.41) is 9.15. The molecule has 1 aliphatic heterocycles. The van der Waals surface area contributed by atoms with Gasteiger partial charge in [0.1, 0.15) is 0 Å². The molecule has 6 heteroatoms. The van der Waals surface area contributed by atoms with Gasteiger partial charge in [-0.3, -0.25) is 0 Å². The summed E-state index contributed by atoms with van der Waals surface area (Å²) in [5.41, 5.74) is 0. The lowest BCUT2D eigenvalue weighted by Gasteiger charge is -2.34. The summed E-state index contributed by atoms with van der Waals surface area (Å²) in [4.78, 5) is 2.12. The maximum atomic E-state index is 12.3. The Morgan fingerprint density at radius 2 is 1.94 bits per heavy atom. The first kappa shape index (κ1) is 14.7. The Labute approximate surface area is 99.5 Å². The average molecular weight is 255 g/mol. The SMILES string of the molecule is COCCCN1CCC(C(O)C(F)(F)F)CC1. The van der Waals surface area contributed by atoms with Gasteiger partial charge in [-0.2, -0.15) is 13.2 Å². The van der Waals surface area contributed by atoms with E-state index in [-0.39, 0.29) is 0 Å². The molecular weight excluding hydrogens is 235 g/mol. The number of ether oxygens (including phenoxy) is 1. The van der Waals surface area contributed by atoms with E-state index in [0.29, 0.717) is 32.5 Å². The molecule has 1 rings (SSSR count). The molecule has 0 aromatic rings. The normalized spacial score (nSPS) is 21.7. The van der Waals surface area contributed by atoms with Crippen molar-refractivity contribution in [2.45, 2.75) is 31.5 Å². The minimum Gasteiger partial charge on any atom is -0.385 e. The number of rotatable bonds is 5. The summed E-state index contributed by atoms with van der Waals surface area (Å²) in [7, 11) is 1.63. The van der Waals surface area contributed by atoms with Crippen molar-refractivity contribution in [2.75, 3.05) is 33.4 Å². The van der Waals surface area contributed by atoms with Crippen LogP contribution in [0.25, 0.3) is 0 Å². The van der Waals surface area contributed by atoms with Crippen molar-refractivity contribution in [1.82, 2.24) is 4.90 Å².